The SMILES string of the molecule is CC1CC(NC2CCC(c3ccccc3)CC2)CCN1C. The van der Waals surface area contributed by atoms with Crippen molar-refractivity contribution in [2.45, 2.75) is 69.5 Å². The molecule has 2 unspecified atom stereocenters. The van der Waals surface area contributed by atoms with Gasteiger partial charge in [-0.3, -0.25) is 0 Å². The van der Waals surface area contributed by atoms with Crippen LogP contribution in [0.25, 0.3) is 0 Å². The van der Waals surface area contributed by atoms with E-state index in [1.165, 1.54) is 45.1 Å². The highest BCUT2D eigenvalue weighted by atomic mass is 15.1. The van der Waals surface area contributed by atoms with Gasteiger partial charge in [-0.15, -0.1) is 0 Å². The number of hydrogen-bond donors (Lipinski definition) is 1. The molecule has 2 fully saturated rings. The Morgan fingerprint density at radius 3 is 2.33 bits per heavy atom. The summed E-state index contributed by atoms with van der Waals surface area (Å²) < 4.78 is 0. The van der Waals surface area contributed by atoms with Gasteiger partial charge in [0.15, 0.2) is 0 Å². The number of nitrogens with one attached hydrogen (secondary N) is 1. The lowest BCUT2D eigenvalue weighted by Gasteiger charge is -2.39. The minimum Gasteiger partial charge on any atom is -0.311 e. The number of nitrogens with zero attached hydrogens (tertiary/aromatic N) is 1. The molecule has 1 saturated heterocycles. The van der Waals surface area contributed by atoms with Crippen LogP contribution < -0.4 is 5.32 Å². The minimum absolute atomic E-state index is 0.733. The fraction of sp³-hybridized carbons (Fsp3) is 0.684. The summed E-state index contributed by atoms with van der Waals surface area (Å²) in [4.78, 5) is 2.49. The second kappa shape index (κ2) is 6.93. The first-order valence-corrected chi connectivity index (χ1v) is 8.73. The molecule has 0 bridgehead atoms. The van der Waals surface area contributed by atoms with Crippen molar-refractivity contribution >= 4 is 0 Å². The maximum atomic E-state index is 3.95. The standard InChI is InChI=1S/C19H30N2/c1-15-14-19(12-13-21(15)2)20-18-10-8-17(9-11-18)16-6-4-3-5-7-16/h3-7,15,17-20H,8-14H2,1-2H3. The molecule has 0 aromatic heterocycles. The lowest BCUT2D eigenvalue weighted by atomic mass is 9.81. The molecule has 116 valence electrons. The molecule has 2 heteroatoms. The van der Waals surface area contributed by atoms with Crippen molar-refractivity contribution in [3.63, 3.8) is 0 Å². The normalized spacial score (nSPS) is 34.8. The molecule has 1 aromatic carbocycles. The van der Waals surface area contributed by atoms with E-state index in [-0.39, 0.29) is 0 Å². The molecule has 21 heavy (non-hydrogen) atoms. The lowest BCUT2D eigenvalue weighted by Crippen LogP contribution is -2.49. The molecular weight excluding hydrogens is 256 g/mol. The number of piperidine rings is 1. The number of likely N-dealkylation sites (tertiary alicyclic amines) is 1. The van der Waals surface area contributed by atoms with E-state index < -0.39 is 0 Å². The van der Waals surface area contributed by atoms with Crippen LogP contribution in [0.15, 0.2) is 30.3 Å². The summed E-state index contributed by atoms with van der Waals surface area (Å²) in [6.07, 6.45) is 8.03. The van der Waals surface area contributed by atoms with Crippen molar-refractivity contribution in [2.24, 2.45) is 0 Å². The lowest BCUT2D eigenvalue weighted by molar-refractivity contribution is 0.156. The molecule has 1 N–H and O–H groups in total. The van der Waals surface area contributed by atoms with Gasteiger partial charge in [0, 0.05) is 18.1 Å². The number of benzene rings is 1. The maximum Gasteiger partial charge on any atom is 0.00966 e. The van der Waals surface area contributed by atoms with Gasteiger partial charge in [0.2, 0.25) is 0 Å². The summed E-state index contributed by atoms with van der Waals surface area (Å²) in [6.45, 7) is 3.61. The summed E-state index contributed by atoms with van der Waals surface area (Å²) in [6, 6.07) is 13.3. The fourth-order valence-electron chi connectivity index (χ4n) is 4.09. The highest BCUT2D eigenvalue weighted by Gasteiger charge is 2.27. The molecule has 2 aliphatic rings. The predicted molar refractivity (Wildman–Crippen MR) is 89.7 cm³/mol. The smallest absolute Gasteiger partial charge is 0.00966 e. The Balaban J connectivity index is 1.46. The molecule has 1 saturated carbocycles. The topological polar surface area (TPSA) is 15.3 Å². The van der Waals surface area contributed by atoms with E-state index in [2.05, 4.69) is 54.5 Å². The minimum atomic E-state index is 0.733. The third kappa shape index (κ3) is 3.87. The van der Waals surface area contributed by atoms with Crippen LogP contribution in [-0.2, 0) is 0 Å². The maximum absolute atomic E-state index is 3.95. The fourth-order valence-corrected chi connectivity index (χ4v) is 4.09. The molecule has 0 radical (unpaired) electrons. The van der Waals surface area contributed by atoms with Crippen molar-refractivity contribution in [1.82, 2.24) is 10.2 Å². The zero-order valence-corrected chi connectivity index (χ0v) is 13.6. The van der Waals surface area contributed by atoms with Crippen LogP contribution in [-0.4, -0.2) is 36.6 Å². The van der Waals surface area contributed by atoms with Crippen molar-refractivity contribution < 1.29 is 0 Å². The Morgan fingerprint density at radius 1 is 0.952 bits per heavy atom. The van der Waals surface area contributed by atoms with Gasteiger partial charge < -0.3 is 10.2 Å². The number of rotatable bonds is 3. The summed E-state index contributed by atoms with van der Waals surface area (Å²) in [5.74, 6) is 0.792. The molecule has 1 aromatic rings. The van der Waals surface area contributed by atoms with Crippen LogP contribution in [0.1, 0.15) is 56.9 Å². The average molecular weight is 286 g/mol. The van der Waals surface area contributed by atoms with E-state index in [0.29, 0.717) is 0 Å². The van der Waals surface area contributed by atoms with Gasteiger partial charge in [-0.2, -0.15) is 0 Å². The second-order valence-corrected chi connectivity index (χ2v) is 7.18. The van der Waals surface area contributed by atoms with Gasteiger partial charge in [-0.05, 0) is 70.5 Å². The zero-order valence-electron chi connectivity index (χ0n) is 13.6. The summed E-state index contributed by atoms with van der Waals surface area (Å²) in [7, 11) is 2.26. The highest BCUT2D eigenvalue weighted by Crippen LogP contribution is 2.33. The summed E-state index contributed by atoms with van der Waals surface area (Å²) >= 11 is 0. The molecule has 0 amide bonds. The van der Waals surface area contributed by atoms with E-state index >= 15 is 0 Å². The monoisotopic (exact) mass is 286 g/mol. The first-order chi connectivity index (χ1) is 10.2. The Morgan fingerprint density at radius 2 is 1.67 bits per heavy atom. The molecule has 1 aliphatic heterocycles. The second-order valence-electron chi connectivity index (χ2n) is 7.18. The van der Waals surface area contributed by atoms with Crippen LogP contribution in [0.2, 0.25) is 0 Å². The Bertz CT molecular complexity index is 422. The van der Waals surface area contributed by atoms with E-state index in [1.54, 1.807) is 5.56 Å². The number of hydrogen-bond acceptors (Lipinski definition) is 2. The molecule has 1 aliphatic carbocycles. The highest BCUT2D eigenvalue weighted by molar-refractivity contribution is 5.20. The van der Waals surface area contributed by atoms with Gasteiger partial charge in [0.05, 0.1) is 0 Å². The van der Waals surface area contributed by atoms with Gasteiger partial charge in [-0.25, -0.2) is 0 Å². The predicted octanol–water partition coefficient (Wildman–Crippen LogP) is 3.79. The summed E-state index contributed by atoms with van der Waals surface area (Å²) in [5, 5.41) is 3.95. The van der Waals surface area contributed by atoms with E-state index in [9.17, 15) is 0 Å². The largest absolute Gasteiger partial charge is 0.311 e. The van der Waals surface area contributed by atoms with Crippen molar-refractivity contribution in [3.8, 4) is 0 Å². The molecule has 0 spiro atoms. The molecule has 2 nitrogen and oxygen atoms in total. The molecule has 2 atom stereocenters. The quantitative estimate of drug-likeness (QED) is 0.909. The van der Waals surface area contributed by atoms with Gasteiger partial charge >= 0.3 is 0 Å². The zero-order chi connectivity index (χ0) is 14.7. The third-order valence-corrected chi connectivity index (χ3v) is 5.68. The van der Waals surface area contributed by atoms with E-state index in [0.717, 1.165) is 24.0 Å². The van der Waals surface area contributed by atoms with E-state index in [4.69, 9.17) is 0 Å². The van der Waals surface area contributed by atoms with Gasteiger partial charge in [0.25, 0.3) is 0 Å². The van der Waals surface area contributed by atoms with E-state index in [1.807, 2.05) is 0 Å². The van der Waals surface area contributed by atoms with Crippen molar-refractivity contribution in [3.05, 3.63) is 35.9 Å². The van der Waals surface area contributed by atoms with Gasteiger partial charge in [-0.1, -0.05) is 30.3 Å². The first kappa shape index (κ1) is 15.1. The van der Waals surface area contributed by atoms with Crippen LogP contribution in [0.5, 0.6) is 0 Å². The van der Waals surface area contributed by atoms with Gasteiger partial charge in [0.1, 0.15) is 0 Å². The first-order valence-electron chi connectivity index (χ1n) is 8.73. The van der Waals surface area contributed by atoms with Crippen LogP contribution in [0, 0.1) is 0 Å². The molecular formula is C19H30N2. The molecule has 3 rings (SSSR count). The van der Waals surface area contributed by atoms with Crippen molar-refractivity contribution in [2.75, 3.05) is 13.6 Å². The Kier molecular flexibility index (Phi) is 4.97. The third-order valence-electron chi connectivity index (χ3n) is 5.68. The Hall–Kier alpha value is -0.860. The van der Waals surface area contributed by atoms with Crippen LogP contribution in [0.3, 0.4) is 0 Å². The van der Waals surface area contributed by atoms with Crippen LogP contribution >= 0.6 is 0 Å². The Labute approximate surface area is 129 Å². The average Bonchev–Trinajstić information content (AvgIpc) is 2.53. The summed E-state index contributed by atoms with van der Waals surface area (Å²) in [5.41, 5.74) is 1.55. The molecule has 1 heterocycles. The van der Waals surface area contributed by atoms with Crippen molar-refractivity contribution in [1.29, 1.82) is 0 Å². The van der Waals surface area contributed by atoms with Crippen LogP contribution in [0.4, 0.5) is 0 Å².